The van der Waals surface area contributed by atoms with Crippen molar-refractivity contribution in [1.29, 1.82) is 0 Å². The molecule has 0 spiro atoms. The van der Waals surface area contributed by atoms with E-state index >= 15 is 0 Å². The lowest BCUT2D eigenvalue weighted by Crippen LogP contribution is -2.13. The lowest BCUT2D eigenvalue weighted by molar-refractivity contribution is 0.0491. The third-order valence-corrected chi connectivity index (χ3v) is 4.05. The molecule has 5 nitrogen and oxygen atoms in total. The number of benzene rings is 2. The zero-order valence-corrected chi connectivity index (χ0v) is 14.4. The van der Waals surface area contributed by atoms with Crippen molar-refractivity contribution < 1.29 is 18.7 Å². The normalized spacial score (nSPS) is 10.7. The van der Waals surface area contributed by atoms with Crippen molar-refractivity contribution in [2.75, 3.05) is 11.9 Å². The van der Waals surface area contributed by atoms with Crippen LogP contribution in [0.2, 0.25) is 0 Å². The molecule has 3 rings (SSSR count). The van der Waals surface area contributed by atoms with Gasteiger partial charge in [0.1, 0.15) is 5.58 Å². The van der Waals surface area contributed by atoms with Gasteiger partial charge in [-0.2, -0.15) is 0 Å². The van der Waals surface area contributed by atoms with Gasteiger partial charge >= 0.3 is 5.97 Å². The Hall–Kier alpha value is -3.08. The summed E-state index contributed by atoms with van der Waals surface area (Å²) in [7, 11) is 0. The molecule has 0 unspecified atom stereocenters. The van der Waals surface area contributed by atoms with Crippen LogP contribution in [0.1, 0.15) is 39.0 Å². The van der Waals surface area contributed by atoms with Crippen LogP contribution in [0.5, 0.6) is 0 Å². The number of aryl methyl sites for hydroxylation is 2. The van der Waals surface area contributed by atoms with Gasteiger partial charge in [-0.3, -0.25) is 4.79 Å². The second kappa shape index (κ2) is 6.81. The fraction of sp³-hybridized carbons (Fsp3) is 0.200. The van der Waals surface area contributed by atoms with Crippen molar-refractivity contribution in [3.8, 4) is 0 Å². The number of carbonyl (C=O) groups is 2. The molecule has 0 saturated heterocycles. The summed E-state index contributed by atoms with van der Waals surface area (Å²) < 4.78 is 10.6. The Morgan fingerprint density at radius 2 is 1.88 bits per heavy atom. The Morgan fingerprint density at radius 3 is 2.60 bits per heavy atom. The molecule has 1 N–H and O–H groups in total. The van der Waals surface area contributed by atoms with Crippen LogP contribution in [0.3, 0.4) is 0 Å². The first-order valence-electron chi connectivity index (χ1n) is 8.08. The van der Waals surface area contributed by atoms with Crippen LogP contribution in [0, 0.1) is 13.8 Å². The van der Waals surface area contributed by atoms with E-state index in [2.05, 4.69) is 5.32 Å². The Bertz CT molecular complexity index is 955. The van der Waals surface area contributed by atoms with Crippen LogP contribution in [0.4, 0.5) is 5.69 Å². The fourth-order valence-electron chi connectivity index (χ4n) is 2.72. The summed E-state index contributed by atoms with van der Waals surface area (Å²) in [5.41, 5.74) is 3.38. The van der Waals surface area contributed by atoms with Gasteiger partial charge < -0.3 is 14.5 Å². The molecule has 0 fully saturated rings. The number of carbonyl (C=O) groups excluding carboxylic acids is 2. The molecule has 25 heavy (non-hydrogen) atoms. The highest BCUT2D eigenvalue weighted by molar-refractivity contribution is 6.06. The summed E-state index contributed by atoms with van der Waals surface area (Å²) in [4.78, 5) is 24.4. The topological polar surface area (TPSA) is 68.5 Å². The van der Waals surface area contributed by atoms with Crippen LogP contribution in [-0.2, 0) is 4.74 Å². The van der Waals surface area contributed by atoms with Crippen LogP contribution in [0.15, 0.2) is 46.9 Å². The van der Waals surface area contributed by atoms with E-state index in [1.165, 1.54) is 0 Å². The van der Waals surface area contributed by atoms with E-state index in [0.717, 1.165) is 16.5 Å². The van der Waals surface area contributed by atoms with Crippen molar-refractivity contribution in [3.63, 3.8) is 0 Å². The number of rotatable bonds is 4. The lowest BCUT2D eigenvalue weighted by atomic mass is 10.1. The number of amides is 1. The third-order valence-electron chi connectivity index (χ3n) is 4.05. The van der Waals surface area contributed by atoms with Gasteiger partial charge in [0.25, 0.3) is 5.91 Å². The summed E-state index contributed by atoms with van der Waals surface area (Å²) in [5, 5.41) is 3.68. The summed E-state index contributed by atoms with van der Waals surface area (Å²) in [6, 6.07) is 12.7. The number of esters is 1. The molecule has 1 amide bonds. The molecule has 0 aliphatic rings. The zero-order chi connectivity index (χ0) is 18.0. The summed E-state index contributed by atoms with van der Waals surface area (Å²) in [5.74, 6) is -0.479. The number of hydrogen-bond acceptors (Lipinski definition) is 4. The van der Waals surface area contributed by atoms with Gasteiger partial charge in [0, 0.05) is 28.3 Å². The van der Waals surface area contributed by atoms with E-state index in [1.807, 2.05) is 38.1 Å². The minimum absolute atomic E-state index is 0.189. The molecule has 1 aromatic heterocycles. The maximum absolute atomic E-state index is 12.4. The van der Waals surface area contributed by atoms with Gasteiger partial charge in [0.15, 0.2) is 0 Å². The maximum atomic E-state index is 12.4. The SMILES string of the molecule is CCOC(=O)c1oc2cc(NC(=O)c3ccccc3C)ccc2c1C. The third kappa shape index (κ3) is 3.26. The molecule has 0 bridgehead atoms. The number of hydrogen-bond donors (Lipinski definition) is 1. The first kappa shape index (κ1) is 16.8. The molecule has 0 saturated carbocycles. The summed E-state index contributed by atoms with van der Waals surface area (Å²) in [6.07, 6.45) is 0. The second-order valence-electron chi connectivity index (χ2n) is 5.76. The molecular weight excluding hydrogens is 318 g/mol. The molecule has 128 valence electrons. The molecule has 0 aliphatic heterocycles. The molecule has 0 atom stereocenters. The van der Waals surface area contributed by atoms with Crippen molar-refractivity contribution in [1.82, 2.24) is 0 Å². The largest absolute Gasteiger partial charge is 0.460 e. The van der Waals surface area contributed by atoms with Crippen LogP contribution in [0.25, 0.3) is 11.0 Å². The van der Waals surface area contributed by atoms with Gasteiger partial charge in [0.05, 0.1) is 6.61 Å². The number of anilines is 1. The van der Waals surface area contributed by atoms with E-state index in [1.54, 1.807) is 25.1 Å². The Morgan fingerprint density at radius 1 is 1.12 bits per heavy atom. The average Bonchev–Trinajstić information content (AvgIpc) is 2.92. The van der Waals surface area contributed by atoms with Crippen molar-refractivity contribution in [3.05, 3.63) is 64.9 Å². The van der Waals surface area contributed by atoms with E-state index < -0.39 is 5.97 Å². The first-order valence-corrected chi connectivity index (χ1v) is 8.08. The maximum Gasteiger partial charge on any atom is 0.374 e. The smallest absolute Gasteiger partial charge is 0.374 e. The number of nitrogens with one attached hydrogen (secondary N) is 1. The number of furan rings is 1. The molecule has 0 radical (unpaired) electrons. The molecule has 1 heterocycles. The first-order chi connectivity index (χ1) is 12.0. The lowest BCUT2D eigenvalue weighted by Gasteiger charge is -2.07. The van der Waals surface area contributed by atoms with Crippen molar-refractivity contribution >= 4 is 28.5 Å². The van der Waals surface area contributed by atoms with Gasteiger partial charge in [-0.15, -0.1) is 0 Å². The van der Waals surface area contributed by atoms with E-state index in [4.69, 9.17) is 9.15 Å². The van der Waals surface area contributed by atoms with E-state index in [-0.39, 0.29) is 18.3 Å². The predicted molar refractivity (Wildman–Crippen MR) is 96.0 cm³/mol. The highest BCUT2D eigenvalue weighted by atomic mass is 16.5. The number of ether oxygens (including phenoxy) is 1. The average molecular weight is 337 g/mol. The molecule has 2 aromatic carbocycles. The van der Waals surface area contributed by atoms with Gasteiger partial charge in [-0.25, -0.2) is 4.79 Å². The summed E-state index contributed by atoms with van der Waals surface area (Å²) in [6.45, 7) is 5.73. The van der Waals surface area contributed by atoms with Crippen LogP contribution in [-0.4, -0.2) is 18.5 Å². The Balaban J connectivity index is 1.90. The highest BCUT2D eigenvalue weighted by Gasteiger charge is 2.19. The molecule has 5 heteroatoms. The van der Waals surface area contributed by atoms with Crippen LogP contribution >= 0.6 is 0 Å². The highest BCUT2D eigenvalue weighted by Crippen LogP contribution is 2.28. The Kier molecular flexibility index (Phi) is 4.57. The zero-order valence-electron chi connectivity index (χ0n) is 14.4. The minimum Gasteiger partial charge on any atom is -0.460 e. The van der Waals surface area contributed by atoms with Gasteiger partial charge in [0.2, 0.25) is 5.76 Å². The van der Waals surface area contributed by atoms with Gasteiger partial charge in [-0.05, 0) is 44.5 Å². The monoisotopic (exact) mass is 337 g/mol. The quantitative estimate of drug-likeness (QED) is 0.713. The predicted octanol–water partition coefficient (Wildman–Crippen LogP) is 4.48. The molecule has 3 aromatic rings. The minimum atomic E-state index is -0.485. The van der Waals surface area contributed by atoms with E-state index in [9.17, 15) is 9.59 Å². The standard InChI is InChI=1S/C20H19NO4/c1-4-24-20(23)18-13(3)16-10-9-14(11-17(16)25-18)21-19(22)15-8-6-5-7-12(15)2/h5-11H,4H2,1-3H3,(H,21,22). The number of fused-ring (bicyclic) bond motifs is 1. The second-order valence-corrected chi connectivity index (χ2v) is 5.76. The van der Waals surface area contributed by atoms with Crippen molar-refractivity contribution in [2.45, 2.75) is 20.8 Å². The van der Waals surface area contributed by atoms with E-state index in [0.29, 0.717) is 16.8 Å². The summed E-state index contributed by atoms with van der Waals surface area (Å²) >= 11 is 0. The fourth-order valence-corrected chi connectivity index (χ4v) is 2.72. The molecular formula is C20H19NO4. The van der Waals surface area contributed by atoms with Crippen LogP contribution < -0.4 is 5.32 Å². The Labute approximate surface area is 145 Å². The van der Waals surface area contributed by atoms with Gasteiger partial charge in [-0.1, -0.05) is 18.2 Å². The van der Waals surface area contributed by atoms with Crippen molar-refractivity contribution in [2.24, 2.45) is 0 Å². The molecule has 0 aliphatic carbocycles.